The van der Waals surface area contributed by atoms with Crippen LogP contribution in [0, 0.1) is 0 Å². The molecule has 0 heterocycles. The number of hydrogen-bond donors (Lipinski definition) is 2. The van der Waals surface area contributed by atoms with Crippen molar-refractivity contribution in [3.63, 3.8) is 0 Å². The molecule has 144 valence electrons. The molecule has 0 radical (unpaired) electrons. The molecule has 0 bridgehead atoms. The lowest BCUT2D eigenvalue weighted by Gasteiger charge is -2.16. The number of rotatable bonds is 7. The monoisotopic (exact) mass is 391 g/mol. The van der Waals surface area contributed by atoms with Crippen LogP contribution in [0.5, 0.6) is 5.75 Å². The molecule has 0 aliphatic rings. The van der Waals surface area contributed by atoms with Gasteiger partial charge >= 0.3 is 0 Å². The van der Waals surface area contributed by atoms with Crippen LogP contribution < -0.4 is 19.7 Å². The lowest BCUT2D eigenvalue weighted by atomic mass is 10.2. The van der Waals surface area contributed by atoms with E-state index in [2.05, 4.69) is 10.6 Å². The fourth-order valence-corrected chi connectivity index (χ4v) is 2.67. The Morgan fingerprint density at radius 1 is 1.04 bits per heavy atom. The zero-order chi connectivity index (χ0) is 20.0. The topological polar surface area (TPSA) is 105 Å². The van der Waals surface area contributed by atoms with Gasteiger partial charge in [0, 0.05) is 25.3 Å². The van der Waals surface area contributed by atoms with E-state index in [0.717, 1.165) is 10.6 Å². The Hall–Kier alpha value is -3.07. The summed E-state index contributed by atoms with van der Waals surface area (Å²) in [5.41, 5.74) is 1.59. The van der Waals surface area contributed by atoms with Crippen LogP contribution in [0.2, 0.25) is 0 Å². The number of sulfonamides is 1. The number of carbonyl (C=O) groups is 2. The van der Waals surface area contributed by atoms with Crippen molar-refractivity contribution < 1.29 is 22.7 Å². The molecule has 0 fully saturated rings. The third-order valence-electron chi connectivity index (χ3n) is 3.53. The Kier molecular flexibility index (Phi) is 6.40. The predicted octanol–water partition coefficient (Wildman–Crippen LogP) is 2.06. The quantitative estimate of drug-likeness (QED) is 0.752. The molecule has 27 heavy (non-hydrogen) atoms. The van der Waals surface area contributed by atoms with Crippen molar-refractivity contribution in [2.75, 3.05) is 34.8 Å². The molecule has 2 rings (SSSR count). The van der Waals surface area contributed by atoms with E-state index in [0.29, 0.717) is 22.8 Å². The maximum Gasteiger partial charge on any atom is 0.262 e. The largest absolute Gasteiger partial charge is 0.484 e. The van der Waals surface area contributed by atoms with Gasteiger partial charge in [0.2, 0.25) is 15.9 Å². The molecule has 0 aliphatic carbocycles. The molecule has 2 aromatic carbocycles. The number of hydrogen-bond acceptors (Lipinski definition) is 5. The van der Waals surface area contributed by atoms with Crippen LogP contribution >= 0.6 is 0 Å². The van der Waals surface area contributed by atoms with Crippen LogP contribution in [-0.4, -0.2) is 40.1 Å². The van der Waals surface area contributed by atoms with E-state index in [1.165, 1.54) is 14.0 Å². The van der Waals surface area contributed by atoms with Crippen LogP contribution in [-0.2, 0) is 19.6 Å². The summed E-state index contributed by atoms with van der Waals surface area (Å²) in [6, 6.07) is 13.1. The van der Waals surface area contributed by atoms with Gasteiger partial charge in [-0.2, -0.15) is 0 Å². The molecular formula is C18H21N3O5S. The summed E-state index contributed by atoms with van der Waals surface area (Å²) >= 11 is 0. The van der Waals surface area contributed by atoms with Crippen LogP contribution in [0.25, 0.3) is 0 Å². The van der Waals surface area contributed by atoms with Crippen molar-refractivity contribution in [2.24, 2.45) is 0 Å². The molecule has 9 heteroatoms. The number of amides is 2. The second-order valence-electron chi connectivity index (χ2n) is 5.82. The fraction of sp³-hybridized carbons (Fsp3) is 0.222. The molecule has 2 N–H and O–H groups in total. The first-order valence-corrected chi connectivity index (χ1v) is 9.84. The van der Waals surface area contributed by atoms with E-state index in [1.54, 1.807) is 48.5 Å². The maximum atomic E-state index is 12.0. The van der Waals surface area contributed by atoms with Crippen molar-refractivity contribution in [3.05, 3.63) is 48.5 Å². The van der Waals surface area contributed by atoms with Crippen molar-refractivity contribution in [1.29, 1.82) is 0 Å². The zero-order valence-corrected chi connectivity index (χ0v) is 16.0. The lowest BCUT2D eigenvalue weighted by molar-refractivity contribution is -0.118. The van der Waals surface area contributed by atoms with Crippen molar-refractivity contribution >= 4 is 38.9 Å². The summed E-state index contributed by atoms with van der Waals surface area (Å²) in [5, 5.41) is 5.31. The minimum Gasteiger partial charge on any atom is -0.484 e. The summed E-state index contributed by atoms with van der Waals surface area (Å²) < 4.78 is 29.6. The molecule has 0 atom stereocenters. The zero-order valence-electron chi connectivity index (χ0n) is 15.2. The Bertz CT molecular complexity index is 926. The molecule has 2 aromatic rings. The van der Waals surface area contributed by atoms with Gasteiger partial charge in [0.1, 0.15) is 5.75 Å². The molecular weight excluding hydrogens is 370 g/mol. The standard InChI is InChI=1S/C18H21N3O5S/c1-13(22)19-14-5-4-6-15(11-14)20-18(23)12-26-17-9-7-16(8-10-17)21(2)27(3,24)25/h4-11H,12H2,1-3H3,(H,19,22)(H,20,23). The number of anilines is 3. The van der Waals surface area contributed by atoms with Crippen LogP contribution in [0.3, 0.4) is 0 Å². The normalized spacial score (nSPS) is 10.8. The highest BCUT2D eigenvalue weighted by molar-refractivity contribution is 7.92. The van der Waals surface area contributed by atoms with E-state index in [-0.39, 0.29) is 18.4 Å². The van der Waals surface area contributed by atoms with Gasteiger partial charge in [-0.05, 0) is 42.5 Å². The smallest absolute Gasteiger partial charge is 0.262 e. The van der Waals surface area contributed by atoms with Crippen LogP contribution in [0.15, 0.2) is 48.5 Å². The summed E-state index contributed by atoms with van der Waals surface area (Å²) in [4.78, 5) is 23.1. The first-order chi connectivity index (χ1) is 12.6. The van der Waals surface area contributed by atoms with Gasteiger partial charge in [-0.15, -0.1) is 0 Å². The Morgan fingerprint density at radius 2 is 1.63 bits per heavy atom. The maximum absolute atomic E-state index is 12.0. The SMILES string of the molecule is CC(=O)Nc1cccc(NC(=O)COc2ccc(N(C)S(C)(=O)=O)cc2)c1. The number of nitrogens with one attached hydrogen (secondary N) is 2. The van der Waals surface area contributed by atoms with Gasteiger partial charge in [0.25, 0.3) is 5.91 Å². The van der Waals surface area contributed by atoms with Gasteiger partial charge in [0.15, 0.2) is 6.61 Å². The van der Waals surface area contributed by atoms with E-state index in [4.69, 9.17) is 4.74 Å². The molecule has 2 amide bonds. The summed E-state index contributed by atoms with van der Waals surface area (Å²) in [5.74, 6) is -0.137. The average Bonchev–Trinajstić information content (AvgIpc) is 2.59. The third kappa shape index (κ3) is 6.30. The highest BCUT2D eigenvalue weighted by Gasteiger charge is 2.12. The van der Waals surface area contributed by atoms with Gasteiger partial charge < -0.3 is 15.4 Å². The van der Waals surface area contributed by atoms with Crippen molar-refractivity contribution in [2.45, 2.75) is 6.92 Å². The van der Waals surface area contributed by atoms with Crippen molar-refractivity contribution in [3.8, 4) is 5.75 Å². The number of nitrogens with zero attached hydrogens (tertiary/aromatic N) is 1. The molecule has 0 unspecified atom stereocenters. The molecule has 0 saturated carbocycles. The first kappa shape index (κ1) is 20.2. The Balaban J connectivity index is 1.91. The molecule has 0 aromatic heterocycles. The molecule has 8 nitrogen and oxygen atoms in total. The molecule has 0 saturated heterocycles. The van der Waals surface area contributed by atoms with Gasteiger partial charge in [-0.25, -0.2) is 8.42 Å². The van der Waals surface area contributed by atoms with E-state index in [1.807, 2.05) is 0 Å². The lowest BCUT2D eigenvalue weighted by Crippen LogP contribution is -2.24. The van der Waals surface area contributed by atoms with Gasteiger partial charge in [0.05, 0.1) is 11.9 Å². The van der Waals surface area contributed by atoms with E-state index >= 15 is 0 Å². The van der Waals surface area contributed by atoms with Crippen LogP contribution in [0.1, 0.15) is 6.92 Å². The second-order valence-corrected chi connectivity index (χ2v) is 7.84. The highest BCUT2D eigenvalue weighted by Crippen LogP contribution is 2.20. The average molecular weight is 391 g/mol. The summed E-state index contributed by atoms with van der Waals surface area (Å²) in [7, 11) is -1.89. The Labute approximate surface area is 158 Å². The number of benzene rings is 2. The van der Waals surface area contributed by atoms with Gasteiger partial charge in [-0.3, -0.25) is 13.9 Å². The van der Waals surface area contributed by atoms with E-state index < -0.39 is 10.0 Å². The Morgan fingerprint density at radius 3 is 2.19 bits per heavy atom. The second kappa shape index (κ2) is 8.54. The fourth-order valence-electron chi connectivity index (χ4n) is 2.17. The summed E-state index contributed by atoms with van der Waals surface area (Å²) in [6.45, 7) is 1.18. The van der Waals surface area contributed by atoms with E-state index in [9.17, 15) is 18.0 Å². The number of carbonyl (C=O) groups excluding carboxylic acids is 2. The molecule has 0 spiro atoms. The predicted molar refractivity (Wildman–Crippen MR) is 105 cm³/mol. The first-order valence-electron chi connectivity index (χ1n) is 7.99. The minimum atomic E-state index is -3.34. The number of ether oxygens (including phenoxy) is 1. The van der Waals surface area contributed by atoms with Gasteiger partial charge in [-0.1, -0.05) is 6.07 Å². The summed E-state index contributed by atoms with van der Waals surface area (Å²) in [6.07, 6.45) is 1.11. The third-order valence-corrected chi connectivity index (χ3v) is 4.74. The van der Waals surface area contributed by atoms with Crippen LogP contribution in [0.4, 0.5) is 17.1 Å². The molecule has 0 aliphatic heterocycles. The highest BCUT2D eigenvalue weighted by atomic mass is 32.2. The minimum absolute atomic E-state index is 0.202. The van der Waals surface area contributed by atoms with Crippen molar-refractivity contribution in [1.82, 2.24) is 0 Å².